The third-order valence-electron chi connectivity index (χ3n) is 1.75. The standard InChI is InChI=1S/C8H18O7Si/c9-1-3-11-5-6-13-16(12-4-2-10)14-7-8-15-16/h9-10H,1-8H2. The molecular formula is C8H18O7Si. The fraction of sp³-hybridized carbons (Fsp3) is 1.00. The molecule has 2 N–H and O–H groups in total. The zero-order chi connectivity index (χ0) is 11.7. The lowest BCUT2D eigenvalue weighted by atomic mass is 10.7. The smallest absolute Gasteiger partial charge is 0.394 e. The lowest BCUT2D eigenvalue weighted by Crippen LogP contribution is -2.46. The number of aliphatic hydroxyl groups is 2. The number of aliphatic hydroxyl groups excluding tert-OH is 2. The second kappa shape index (κ2) is 8.09. The molecule has 7 nitrogen and oxygen atoms in total. The molecule has 0 aromatic heterocycles. The highest BCUT2D eigenvalue weighted by Gasteiger charge is 2.49. The highest BCUT2D eigenvalue weighted by atomic mass is 28.4. The van der Waals surface area contributed by atoms with Gasteiger partial charge in [0.15, 0.2) is 0 Å². The highest BCUT2D eigenvalue weighted by molar-refractivity contribution is 6.54. The number of hydrogen-bond acceptors (Lipinski definition) is 7. The number of rotatable bonds is 9. The van der Waals surface area contributed by atoms with Crippen LogP contribution in [0.15, 0.2) is 0 Å². The van der Waals surface area contributed by atoms with Gasteiger partial charge in [-0.25, -0.2) is 0 Å². The van der Waals surface area contributed by atoms with Crippen LogP contribution in [-0.4, -0.2) is 72.1 Å². The van der Waals surface area contributed by atoms with Crippen molar-refractivity contribution in [3.05, 3.63) is 0 Å². The number of ether oxygens (including phenoxy) is 1. The van der Waals surface area contributed by atoms with E-state index in [4.69, 9.17) is 32.7 Å². The second-order valence-electron chi connectivity index (χ2n) is 2.95. The van der Waals surface area contributed by atoms with Crippen LogP contribution in [0.4, 0.5) is 0 Å². The predicted octanol–water partition coefficient (Wildman–Crippen LogP) is -1.50. The van der Waals surface area contributed by atoms with Crippen molar-refractivity contribution in [2.45, 2.75) is 0 Å². The Morgan fingerprint density at radius 3 is 2.12 bits per heavy atom. The summed E-state index contributed by atoms with van der Waals surface area (Å²) in [5.74, 6) is 0. The molecule has 1 fully saturated rings. The molecule has 1 aliphatic heterocycles. The fourth-order valence-electron chi connectivity index (χ4n) is 1.15. The SMILES string of the molecule is OCCOCCO[Si]1(OCCO)OCCO1. The Morgan fingerprint density at radius 1 is 0.875 bits per heavy atom. The molecule has 8 heteroatoms. The normalized spacial score (nSPS) is 19.1. The first-order chi connectivity index (χ1) is 7.83. The highest BCUT2D eigenvalue weighted by Crippen LogP contribution is 2.16. The summed E-state index contributed by atoms with van der Waals surface area (Å²) in [7, 11) is -3.02. The molecule has 0 atom stereocenters. The van der Waals surface area contributed by atoms with E-state index in [2.05, 4.69) is 0 Å². The summed E-state index contributed by atoms with van der Waals surface area (Å²) in [6, 6.07) is 0. The summed E-state index contributed by atoms with van der Waals surface area (Å²) in [4.78, 5) is 0. The van der Waals surface area contributed by atoms with Crippen LogP contribution in [0.5, 0.6) is 0 Å². The Labute approximate surface area is 95.3 Å². The van der Waals surface area contributed by atoms with E-state index in [-0.39, 0.29) is 33.0 Å². The van der Waals surface area contributed by atoms with E-state index in [1.54, 1.807) is 0 Å². The molecule has 0 spiro atoms. The summed E-state index contributed by atoms with van der Waals surface area (Å²) >= 11 is 0. The van der Waals surface area contributed by atoms with E-state index in [9.17, 15) is 0 Å². The van der Waals surface area contributed by atoms with Gasteiger partial charge in [0.2, 0.25) is 0 Å². The van der Waals surface area contributed by atoms with Gasteiger partial charge >= 0.3 is 9.05 Å². The van der Waals surface area contributed by atoms with Crippen molar-refractivity contribution < 1.29 is 32.7 Å². The first-order valence-electron chi connectivity index (χ1n) is 5.18. The molecule has 0 bridgehead atoms. The Balaban J connectivity index is 2.17. The Hall–Kier alpha value is -0.0631. The topological polar surface area (TPSA) is 86.6 Å². The molecule has 0 unspecified atom stereocenters. The van der Waals surface area contributed by atoms with Crippen molar-refractivity contribution in [3.8, 4) is 0 Å². The third-order valence-corrected chi connectivity index (χ3v) is 3.98. The first-order valence-corrected chi connectivity index (χ1v) is 6.81. The maximum absolute atomic E-state index is 8.66. The molecule has 1 heterocycles. The van der Waals surface area contributed by atoms with Crippen LogP contribution in [-0.2, 0) is 22.4 Å². The summed E-state index contributed by atoms with van der Waals surface area (Å²) in [6.07, 6.45) is 0. The van der Waals surface area contributed by atoms with Crippen molar-refractivity contribution in [2.75, 3.05) is 52.9 Å². The molecule has 0 aromatic rings. The maximum atomic E-state index is 8.66. The summed E-state index contributed by atoms with van der Waals surface area (Å²) in [5, 5.41) is 17.1. The molecule has 0 amide bonds. The van der Waals surface area contributed by atoms with Gasteiger partial charge < -0.3 is 32.7 Å². The Bertz CT molecular complexity index is 174. The van der Waals surface area contributed by atoms with E-state index in [1.165, 1.54) is 0 Å². The Morgan fingerprint density at radius 2 is 1.50 bits per heavy atom. The van der Waals surface area contributed by atoms with Crippen LogP contribution in [0.25, 0.3) is 0 Å². The number of hydrogen-bond donors (Lipinski definition) is 2. The van der Waals surface area contributed by atoms with Crippen molar-refractivity contribution in [2.24, 2.45) is 0 Å². The fourth-order valence-corrected chi connectivity index (χ4v) is 2.99. The molecule has 1 saturated heterocycles. The third kappa shape index (κ3) is 4.85. The van der Waals surface area contributed by atoms with Crippen molar-refractivity contribution >= 4 is 9.05 Å². The minimum atomic E-state index is -3.02. The predicted molar refractivity (Wildman–Crippen MR) is 54.6 cm³/mol. The van der Waals surface area contributed by atoms with Crippen LogP contribution in [0.2, 0.25) is 0 Å². The lowest BCUT2D eigenvalue weighted by Gasteiger charge is -2.21. The molecular weight excluding hydrogens is 236 g/mol. The molecule has 0 radical (unpaired) electrons. The lowest BCUT2D eigenvalue weighted by molar-refractivity contribution is -0.00932. The maximum Gasteiger partial charge on any atom is 0.680 e. The van der Waals surface area contributed by atoms with Gasteiger partial charge in [-0.15, -0.1) is 0 Å². The molecule has 0 aliphatic carbocycles. The van der Waals surface area contributed by atoms with Crippen molar-refractivity contribution in [3.63, 3.8) is 0 Å². The van der Waals surface area contributed by atoms with E-state index in [1.807, 2.05) is 0 Å². The van der Waals surface area contributed by atoms with Gasteiger partial charge in [-0.05, 0) is 0 Å². The van der Waals surface area contributed by atoms with Crippen LogP contribution in [0.1, 0.15) is 0 Å². The molecule has 16 heavy (non-hydrogen) atoms. The van der Waals surface area contributed by atoms with Gasteiger partial charge in [0.25, 0.3) is 0 Å². The van der Waals surface area contributed by atoms with Gasteiger partial charge in [-0.2, -0.15) is 0 Å². The van der Waals surface area contributed by atoms with Crippen LogP contribution in [0.3, 0.4) is 0 Å². The zero-order valence-corrected chi connectivity index (χ0v) is 10.1. The van der Waals surface area contributed by atoms with Crippen LogP contribution in [0, 0.1) is 0 Å². The van der Waals surface area contributed by atoms with Gasteiger partial charge in [0.1, 0.15) is 0 Å². The molecule has 1 aliphatic rings. The van der Waals surface area contributed by atoms with E-state index >= 15 is 0 Å². The van der Waals surface area contributed by atoms with Crippen molar-refractivity contribution in [1.29, 1.82) is 0 Å². The van der Waals surface area contributed by atoms with Crippen LogP contribution < -0.4 is 0 Å². The average molecular weight is 254 g/mol. The summed E-state index contributed by atoms with van der Waals surface area (Å²) < 4.78 is 26.3. The van der Waals surface area contributed by atoms with E-state index < -0.39 is 9.05 Å². The zero-order valence-electron chi connectivity index (χ0n) is 9.09. The monoisotopic (exact) mass is 254 g/mol. The van der Waals surface area contributed by atoms with Gasteiger partial charge in [0, 0.05) is 0 Å². The van der Waals surface area contributed by atoms with E-state index in [0.717, 1.165) is 0 Å². The largest absolute Gasteiger partial charge is 0.680 e. The van der Waals surface area contributed by atoms with E-state index in [0.29, 0.717) is 19.8 Å². The molecule has 1 rings (SSSR count). The average Bonchev–Trinajstić information content (AvgIpc) is 2.76. The Kier molecular flexibility index (Phi) is 7.08. The van der Waals surface area contributed by atoms with Crippen LogP contribution >= 0.6 is 0 Å². The van der Waals surface area contributed by atoms with Gasteiger partial charge in [0.05, 0.1) is 52.9 Å². The quantitative estimate of drug-likeness (QED) is 0.382. The second-order valence-corrected chi connectivity index (χ2v) is 5.11. The minimum absolute atomic E-state index is 0.0173. The molecule has 0 aromatic carbocycles. The van der Waals surface area contributed by atoms with Gasteiger partial charge in [-0.1, -0.05) is 0 Å². The molecule has 96 valence electrons. The summed E-state index contributed by atoms with van der Waals surface area (Å²) in [5.41, 5.74) is 0. The molecule has 0 saturated carbocycles. The van der Waals surface area contributed by atoms with Gasteiger partial charge in [-0.3, -0.25) is 0 Å². The minimum Gasteiger partial charge on any atom is -0.394 e. The van der Waals surface area contributed by atoms with Crippen molar-refractivity contribution in [1.82, 2.24) is 0 Å². The summed E-state index contributed by atoms with van der Waals surface area (Å²) in [6.45, 7) is 1.77. The first kappa shape index (κ1) is 14.0.